The van der Waals surface area contributed by atoms with E-state index in [0.29, 0.717) is 48.3 Å². The molecule has 42 heavy (non-hydrogen) atoms. The summed E-state index contributed by atoms with van der Waals surface area (Å²) in [4.78, 5) is 26.2. The molecular weight excluding hydrogens is 552 g/mol. The van der Waals surface area contributed by atoms with Gasteiger partial charge in [-0.2, -0.15) is 0 Å². The first-order chi connectivity index (χ1) is 20.2. The Morgan fingerprint density at radius 1 is 0.976 bits per heavy atom. The summed E-state index contributed by atoms with van der Waals surface area (Å²) in [7, 11) is 1.42. The first kappa shape index (κ1) is 29.5. The minimum absolute atomic E-state index is 0.0854. The summed E-state index contributed by atoms with van der Waals surface area (Å²) in [5.74, 6) is -6.30. The van der Waals surface area contributed by atoms with Gasteiger partial charge in [0.25, 0.3) is 0 Å². The Labute approximate surface area is 241 Å². The molecule has 1 saturated heterocycles. The van der Waals surface area contributed by atoms with E-state index < -0.39 is 46.5 Å². The van der Waals surface area contributed by atoms with E-state index in [9.17, 15) is 27.2 Å². The van der Waals surface area contributed by atoms with Gasteiger partial charge in [0, 0.05) is 42.6 Å². The number of carbonyl (C=O) groups is 2. The fourth-order valence-electron chi connectivity index (χ4n) is 5.73. The molecular formula is C33H30F4O5. The number of allylic oxidation sites excluding steroid dienone is 2. The minimum atomic E-state index is -1.30. The summed E-state index contributed by atoms with van der Waals surface area (Å²) < 4.78 is 73.7. The van der Waals surface area contributed by atoms with Gasteiger partial charge >= 0.3 is 0 Å². The lowest BCUT2D eigenvalue weighted by atomic mass is 9.82. The van der Waals surface area contributed by atoms with E-state index in [-0.39, 0.29) is 36.4 Å². The average molecular weight is 583 g/mol. The van der Waals surface area contributed by atoms with Gasteiger partial charge in [-0.15, -0.1) is 0 Å². The van der Waals surface area contributed by atoms with Gasteiger partial charge in [0.15, 0.2) is 23.1 Å². The van der Waals surface area contributed by atoms with E-state index in [4.69, 9.17) is 14.2 Å². The molecule has 0 aromatic heterocycles. The van der Waals surface area contributed by atoms with Crippen molar-refractivity contribution < 1.29 is 41.4 Å². The number of Topliss-reactive ketones (excluding diaryl/α,β-unsaturated/α-hetero) is 2. The normalized spacial score (nSPS) is 19.9. The van der Waals surface area contributed by atoms with Crippen LogP contribution in [0, 0.1) is 29.2 Å². The Bertz CT molecular complexity index is 1470. The van der Waals surface area contributed by atoms with Crippen LogP contribution in [0.15, 0.2) is 60.7 Å². The maximum Gasteiger partial charge on any atom is 0.176 e. The van der Waals surface area contributed by atoms with Gasteiger partial charge in [-0.1, -0.05) is 30.3 Å². The summed E-state index contributed by atoms with van der Waals surface area (Å²) in [6.07, 6.45) is 4.80. The predicted octanol–water partition coefficient (Wildman–Crippen LogP) is 7.23. The molecule has 0 N–H and O–H groups in total. The van der Waals surface area contributed by atoms with Crippen LogP contribution in [0.25, 0.3) is 5.57 Å². The zero-order valence-corrected chi connectivity index (χ0v) is 23.0. The van der Waals surface area contributed by atoms with Crippen LogP contribution < -0.4 is 9.47 Å². The number of methoxy groups -OCH3 is 1. The zero-order valence-electron chi connectivity index (χ0n) is 23.0. The summed E-state index contributed by atoms with van der Waals surface area (Å²) in [5, 5.41) is 0. The van der Waals surface area contributed by atoms with Crippen molar-refractivity contribution in [2.24, 2.45) is 5.92 Å². The van der Waals surface area contributed by atoms with E-state index in [1.807, 2.05) is 0 Å². The quantitative estimate of drug-likeness (QED) is 0.176. The highest BCUT2D eigenvalue weighted by atomic mass is 19.1. The fourth-order valence-corrected chi connectivity index (χ4v) is 5.73. The molecule has 2 aliphatic rings. The fraction of sp³-hybridized carbons (Fsp3) is 0.333. The first-order valence-corrected chi connectivity index (χ1v) is 13.8. The number of para-hydroxylation sites is 1. The second-order valence-electron chi connectivity index (χ2n) is 10.5. The van der Waals surface area contributed by atoms with Crippen LogP contribution in [0.3, 0.4) is 0 Å². The first-order valence-electron chi connectivity index (χ1n) is 13.8. The molecule has 3 aromatic rings. The maximum atomic E-state index is 14.7. The molecule has 5 rings (SSSR count). The molecule has 3 aromatic carbocycles. The molecule has 5 nitrogen and oxygen atoms in total. The van der Waals surface area contributed by atoms with Gasteiger partial charge in [-0.05, 0) is 55.0 Å². The van der Waals surface area contributed by atoms with E-state index in [2.05, 4.69) is 0 Å². The van der Waals surface area contributed by atoms with Crippen molar-refractivity contribution in [2.45, 2.75) is 44.1 Å². The summed E-state index contributed by atoms with van der Waals surface area (Å²) in [5.41, 5.74) is 0.988. The molecule has 1 heterocycles. The molecule has 1 aliphatic heterocycles. The van der Waals surface area contributed by atoms with Gasteiger partial charge in [0.2, 0.25) is 0 Å². The van der Waals surface area contributed by atoms with E-state index in [0.717, 1.165) is 12.8 Å². The molecule has 1 aliphatic carbocycles. The Morgan fingerprint density at radius 2 is 1.71 bits per heavy atom. The Kier molecular flexibility index (Phi) is 9.06. The number of ether oxygens (including phenoxy) is 3. The van der Waals surface area contributed by atoms with Gasteiger partial charge in [0.05, 0.1) is 18.8 Å². The second-order valence-corrected chi connectivity index (χ2v) is 10.5. The highest BCUT2D eigenvalue weighted by molar-refractivity contribution is 6.02. The predicted molar refractivity (Wildman–Crippen MR) is 148 cm³/mol. The molecule has 3 unspecified atom stereocenters. The van der Waals surface area contributed by atoms with Crippen molar-refractivity contribution in [3.8, 4) is 11.5 Å². The summed E-state index contributed by atoms with van der Waals surface area (Å²) >= 11 is 0. The second kappa shape index (κ2) is 12.9. The minimum Gasteiger partial charge on any atom is -0.493 e. The van der Waals surface area contributed by atoms with Crippen molar-refractivity contribution >= 4 is 17.1 Å². The number of carbonyl (C=O) groups excluding carboxylic acids is 2. The molecule has 0 amide bonds. The topological polar surface area (TPSA) is 61.8 Å². The molecule has 9 heteroatoms. The van der Waals surface area contributed by atoms with Crippen LogP contribution in [-0.2, 0) is 9.53 Å². The number of ketones is 2. The van der Waals surface area contributed by atoms with Crippen LogP contribution >= 0.6 is 0 Å². The standard InChI is InChI=1S/C33H30F4O5/c1-40-33-25(5-2-6-30(33)42-18-23(38)11-12-24-4-3-13-41-24)26-14-20(19-7-9-21(34)10-8-19)15-27(26)32(39)31-28(36)16-22(35)17-29(31)37/h2,5-10,15-17,24,26-27H,3-4,11-14,18H2,1H3. The van der Waals surface area contributed by atoms with Crippen molar-refractivity contribution in [1.29, 1.82) is 0 Å². The number of hydrogen-bond acceptors (Lipinski definition) is 5. The van der Waals surface area contributed by atoms with Gasteiger partial charge in [0.1, 0.15) is 29.9 Å². The Hall–Kier alpha value is -3.98. The highest BCUT2D eigenvalue weighted by Gasteiger charge is 2.39. The molecule has 220 valence electrons. The highest BCUT2D eigenvalue weighted by Crippen LogP contribution is 2.49. The van der Waals surface area contributed by atoms with Crippen molar-refractivity contribution in [2.75, 3.05) is 20.3 Å². The number of rotatable bonds is 11. The van der Waals surface area contributed by atoms with Crippen LogP contribution in [0.4, 0.5) is 17.6 Å². The molecule has 1 fully saturated rings. The Balaban J connectivity index is 1.44. The monoisotopic (exact) mass is 582 g/mol. The van der Waals surface area contributed by atoms with Crippen LogP contribution in [0.2, 0.25) is 0 Å². The molecule has 0 bridgehead atoms. The number of halogens is 4. The molecule has 0 spiro atoms. The van der Waals surface area contributed by atoms with Gasteiger partial charge < -0.3 is 14.2 Å². The number of benzene rings is 3. The van der Waals surface area contributed by atoms with Crippen LogP contribution in [0.1, 0.15) is 59.5 Å². The lowest BCUT2D eigenvalue weighted by Gasteiger charge is -2.23. The van der Waals surface area contributed by atoms with E-state index in [1.54, 1.807) is 36.4 Å². The van der Waals surface area contributed by atoms with Gasteiger partial charge in [-0.25, -0.2) is 17.6 Å². The third kappa shape index (κ3) is 6.41. The third-order valence-electron chi connectivity index (χ3n) is 7.80. The number of hydrogen-bond donors (Lipinski definition) is 0. The molecule has 0 radical (unpaired) electrons. The third-order valence-corrected chi connectivity index (χ3v) is 7.80. The zero-order chi connectivity index (χ0) is 29.8. The lowest BCUT2D eigenvalue weighted by molar-refractivity contribution is -0.121. The van der Waals surface area contributed by atoms with Crippen molar-refractivity contribution in [3.63, 3.8) is 0 Å². The van der Waals surface area contributed by atoms with E-state index >= 15 is 0 Å². The molecule has 3 atom stereocenters. The van der Waals surface area contributed by atoms with Crippen LogP contribution in [0.5, 0.6) is 11.5 Å². The summed E-state index contributed by atoms with van der Waals surface area (Å²) in [6.45, 7) is 0.521. The molecule has 0 saturated carbocycles. The van der Waals surface area contributed by atoms with Gasteiger partial charge in [-0.3, -0.25) is 9.59 Å². The average Bonchev–Trinajstić information content (AvgIpc) is 3.65. The van der Waals surface area contributed by atoms with Crippen LogP contribution in [-0.4, -0.2) is 38.0 Å². The summed E-state index contributed by atoms with van der Waals surface area (Å²) in [6, 6.07) is 11.6. The maximum absolute atomic E-state index is 14.7. The smallest absolute Gasteiger partial charge is 0.176 e. The Morgan fingerprint density at radius 3 is 2.38 bits per heavy atom. The van der Waals surface area contributed by atoms with Crippen molar-refractivity contribution in [3.05, 3.63) is 101 Å². The largest absolute Gasteiger partial charge is 0.493 e. The SMILES string of the molecule is COc1c(OCC(=O)CCC2CCCO2)cccc1C1CC(c2ccc(F)cc2)=CC1C(=O)c1c(F)cc(F)cc1F. The van der Waals surface area contributed by atoms with E-state index in [1.165, 1.54) is 19.2 Å². The van der Waals surface area contributed by atoms with Crippen molar-refractivity contribution in [1.82, 2.24) is 0 Å². The lowest BCUT2D eigenvalue weighted by Crippen LogP contribution is -2.21.